The minimum absolute atomic E-state index is 1.75. The zero-order valence-electron chi connectivity index (χ0n) is 4.29. The molecule has 0 saturated carbocycles. The van der Waals surface area contributed by atoms with Crippen LogP contribution >= 0.6 is 11.8 Å². The van der Waals surface area contributed by atoms with Crippen LogP contribution in [0.4, 0.5) is 0 Å². The van der Waals surface area contributed by atoms with Gasteiger partial charge in [0.05, 0.1) is 0 Å². The van der Waals surface area contributed by atoms with Crippen LogP contribution in [0.25, 0.3) is 0 Å². The lowest BCUT2D eigenvalue weighted by Gasteiger charge is -1.70. The maximum Gasteiger partial charge on any atom is 0.0267 e. The van der Waals surface area contributed by atoms with E-state index >= 15 is 0 Å². The Bertz CT molecular complexity index is 82.4. The molecule has 0 saturated heterocycles. The average molecular weight is 131 g/mol. The Hall–Kier alpha value is -0.600. The van der Waals surface area contributed by atoms with Crippen molar-refractivity contribution < 1.29 is 0 Å². The topological polar surface area (TPSA) is 38.9 Å². The van der Waals surface area contributed by atoms with Crippen molar-refractivity contribution in [3.8, 4) is 0 Å². The molecule has 0 aliphatic heterocycles. The summed E-state index contributed by atoms with van der Waals surface area (Å²) in [6, 6.07) is 5.72. The first-order valence-corrected chi connectivity index (χ1v) is 2.50. The second-order valence-electron chi connectivity index (χ2n) is 1.02. The fraction of sp³-hybridized carbons (Fsp3) is 0. The van der Waals surface area contributed by atoms with Gasteiger partial charge in [0.2, 0.25) is 0 Å². The van der Waals surface area contributed by atoms with Crippen molar-refractivity contribution in [3.05, 3.63) is 30.6 Å². The summed E-state index contributed by atoms with van der Waals surface area (Å²) in [5.41, 5.74) is 0. The summed E-state index contributed by atoms with van der Waals surface area (Å²) in [5.74, 6) is 0. The van der Waals surface area contributed by atoms with E-state index in [4.69, 9.17) is 0 Å². The molecule has 1 aromatic rings. The molecule has 0 amide bonds. The van der Waals surface area contributed by atoms with Gasteiger partial charge in [-0.25, -0.2) is 5.25 Å². The van der Waals surface area contributed by atoms with Crippen molar-refractivity contribution in [1.82, 2.24) is 4.98 Å². The summed E-state index contributed by atoms with van der Waals surface area (Å²) in [7, 11) is 0. The molecule has 2 nitrogen and oxygen atoms in total. The average Bonchev–Trinajstić information content (AvgIpc) is 1.96. The Labute approximate surface area is 53.4 Å². The quantitative estimate of drug-likeness (QED) is 0.536. The van der Waals surface area contributed by atoms with Crippen LogP contribution in [0, 0.1) is 0 Å². The highest BCUT2D eigenvalue weighted by atomic mass is 35.5. The van der Waals surface area contributed by atoms with E-state index in [9.17, 15) is 0 Å². The number of pyridine rings is 1. The number of rotatable bonds is 0. The van der Waals surface area contributed by atoms with Crippen LogP contribution in [0.1, 0.15) is 0 Å². The van der Waals surface area contributed by atoms with Gasteiger partial charge in [0.1, 0.15) is 0 Å². The van der Waals surface area contributed by atoms with Gasteiger partial charge in [-0.05, 0) is 23.9 Å². The number of hydrogen-bond acceptors (Lipinski definition) is 2. The largest absolute Gasteiger partial charge is 0.265 e. The molecule has 3 heteroatoms. The van der Waals surface area contributed by atoms with Crippen LogP contribution < -0.4 is 5.25 Å². The van der Waals surface area contributed by atoms with E-state index in [1.807, 2.05) is 18.2 Å². The normalized spacial score (nSPS) is 6.75. The summed E-state index contributed by atoms with van der Waals surface area (Å²) in [4.78, 5) is 3.78. The van der Waals surface area contributed by atoms with Gasteiger partial charge in [0, 0.05) is 12.4 Å². The van der Waals surface area contributed by atoms with E-state index in [-0.39, 0.29) is 0 Å². The first-order chi connectivity index (χ1) is 4.00. The van der Waals surface area contributed by atoms with Gasteiger partial charge in [0.15, 0.2) is 0 Å². The Morgan fingerprint density at radius 1 is 1.00 bits per heavy atom. The molecule has 44 valence electrons. The molecule has 0 aliphatic rings. The predicted molar refractivity (Wildman–Crippen MR) is 34.3 cm³/mol. The number of nitrogens with zero attached hydrogens (tertiary/aromatic N) is 1. The third-order valence-corrected chi connectivity index (χ3v) is 0.566. The molecular formula is C5H7ClN2. The molecule has 0 aromatic carbocycles. The summed E-state index contributed by atoms with van der Waals surface area (Å²) >= 11 is 4.14. The first-order valence-electron chi connectivity index (χ1n) is 2.07. The number of hydrogen-bond donors (Lipinski definition) is 1. The molecule has 0 atom stereocenters. The highest BCUT2D eigenvalue weighted by molar-refractivity contribution is 6.11. The van der Waals surface area contributed by atoms with Crippen LogP contribution in [-0.4, -0.2) is 4.98 Å². The van der Waals surface area contributed by atoms with E-state index in [1.165, 1.54) is 0 Å². The maximum absolute atomic E-state index is 4.14. The van der Waals surface area contributed by atoms with E-state index in [0.29, 0.717) is 0 Å². The van der Waals surface area contributed by atoms with Crippen LogP contribution in [0.2, 0.25) is 0 Å². The lowest BCUT2D eigenvalue weighted by atomic mass is 10.5. The lowest BCUT2D eigenvalue weighted by Crippen LogP contribution is -1.58. The molecule has 1 rings (SSSR count). The molecule has 8 heavy (non-hydrogen) atoms. The third-order valence-electron chi connectivity index (χ3n) is 0.566. The minimum atomic E-state index is 1.75. The zero-order valence-corrected chi connectivity index (χ0v) is 5.05. The second-order valence-corrected chi connectivity index (χ2v) is 1.02. The first kappa shape index (κ1) is 7.40. The van der Waals surface area contributed by atoms with Crippen LogP contribution in [0.15, 0.2) is 30.6 Å². The van der Waals surface area contributed by atoms with E-state index in [2.05, 4.69) is 22.0 Å². The van der Waals surface area contributed by atoms with Crippen LogP contribution in [0.3, 0.4) is 0 Å². The number of halogens is 1. The Morgan fingerprint density at radius 2 is 1.50 bits per heavy atom. The van der Waals surface area contributed by atoms with Crippen molar-refractivity contribution >= 4 is 11.8 Å². The summed E-state index contributed by atoms with van der Waals surface area (Å²) in [6.45, 7) is 0. The highest BCUT2D eigenvalue weighted by Gasteiger charge is 1.58. The molecule has 1 heterocycles. The van der Waals surface area contributed by atoms with Gasteiger partial charge >= 0.3 is 0 Å². The molecular weight excluding hydrogens is 124 g/mol. The van der Waals surface area contributed by atoms with Crippen molar-refractivity contribution in [1.29, 1.82) is 0 Å². The second kappa shape index (κ2) is 6.40. The fourth-order valence-electron chi connectivity index (χ4n) is 0.313. The van der Waals surface area contributed by atoms with Crippen molar-refractivity contribution in [2.24, 2.45) is 5.25 Å². The third kappa shape index (κ3) is 3.59. The summed E-state index contributed by atoms with van der Waals surface area (Å²) < 4.78 is 0. The van der Waals surface area contributed by atoms with Gasteiger partial charge in [-0.2, -0.15) is 0 Å². The fourth-order valence-corrected chi connectivity index (χ4v) is 0.313. The van der Waals surface area contributed by atoms with Gasteiger partial charge in [-0.15, -0.1) is 0 Å². The van der Waals surface area contributed by atoms with Gasteiger partial charge in [-0.3, -0.25) is 4.98 Å². The van der Waals surface area contributed by atoms with Gasteiger partial charge in [0.25, 0.3) is 0 Å². The minimum Gasteiger partial charge on any atom is -0.265 e. The highest BCUT2D eigenvalue weighted by Crippen LogP contribution is 1.73. The molecule has 0 radical (unpaired) electrons. The lowest BCUT2D eigenvalue weighted by molar-refractivity contribution is 1.33. The van der Waals surface area contributed by atoms with Crippen LogP contribution in [-0.2, 0) is 0 Å². The smallest absolute Gasteiger partial charge is 0.0267 e. The predicted octanol–water partition coefficient (Wildman–Crippen LogP) is 1.18. The Morgan fingerprint density at radius 3 is 1.62 bits per heavy atom. The van der Waals surface area contributed by atoms with E-state index in [0.717, 1.165) is 0 Å². The van der Waals surface area contributed by atoms with Crippen molar-refractivity contribution in [3.63, 3.8) is 0 Å². The standard InChI is InChI=1S/C5H5N.ClH2N/c1-2-4-6-5-3-1;1-2/h1-5H;2H2. The summed E-state index contributed by atoms with van der Waals surface area (Å²) in [5, 5.41) is 3.97. The van der Waals surface area contributed by atoms with Gasteiger partial charge in [-0.1, -0.05) is 6.07 Å². The SMILES string of the molecule is NCl.c1ccncc1. The Balaban J connectivity index is 0.000000222. The zero-order chi connectivity index (χ0) is 6.24. The van der Waals surface area contributed by atoms with E-state index < -0.39 is 0 Å². The molecule has 0 unspecified atom stereocenters. The molecule has 2 N–H and O–H groups in total. The Kier molecular flexibility index (Phi) is 5.92. The summed E-state index contributed by atoms with van der Waals surface area (Å²) in [6.07, 6.45) is 3.50. The van der Waals surface area contributed by atoms with Crippen molar-refractivity contribution in [2.45, 2.75) is 0 Å². The molecule has 0 bridgehead atoms. The number of aromatic nitrogens is 1. The molecule has 0 fully saturated rings. The van der Waals surface area contributed by atoms with Crippen LogP contribution in [0.5, 0.6) is 0 Å². The maximum atomic E-state index is 4.14. The molecule has 0 spiro atoms. The van der Waals surface area contributed by atoms with Gasteiger partial charge < -0.3 is 0 Å². The van der Waals surface area contributed by atoms with E-state index in [1.54, 1.807) is 12.4 Å². The molecule has 0 aliphatic carbocycles. The number of nitrogens with two attached hydrogens (primary N) is 1. The van der Waals surface area contributed by atoms with Crippen molar-refractivity contribution in [2.75, 3.05) is 0 Å². The molecule has 1 aromatic heterocycles. The monoisotopic (exact) mass is 130 g/mol.